The van der Waals surface area contributed by atoms with Gasteiger partial charge in [-0.1, -0.05) is 24.3 Å². The molecule has 0 saturated heterocycles. The number of fused-ring (bicyclic) bond motifs is 1. The number of para-hydroxylation sites is 1. The maximum atomic E-state index is 13.3. The van der Waals surface area contributed by atoms with Crippen molar-refractivity contribution >= 4 is 28.4 Å². The summed E-state index contributed by atoms with van der Waals surface area (Å²) in [6.07, 6.45) is -1.60. The molecule has 0 unspecified atom stereocenters. The number of alkyl halides is 3. The molecule has 0 atom stereocenters. The van der Waals surface area contributed by atoms with Crippen LogP contribution in [-0.4, -0.2) is 20.9 Å². The zero-order chi connectivity index (χ0) is 19.7. The Bertz CT molecular complexity index is 1140. The van der Waals surface area contributed by atoms with Gasteiger partial charge in [0.1, 0.15) is 12.0 Å². The number of benzene rings is 2. The van der Waals surface area contributed by atoms with Gasteiger partial charge in [0.05, 0.1) is 16.6 Å². The second kappa shape index (κ2) is 6.80. The third-order valence-electron chi connectivity index (χ3n) is 4.20. The number of H-pyrrole nitrogens is 1. The third kappa shape index (κ3) is 3.20. The lowest BCUT2D eigenvalue weighted by Gasteiger charge is -2.23. The van der Waals surface area contributed by atoms with Gasteiger partial charge in [0, 0.05) is 11.8 Å². The Kier molecular flexibility index (Phi) is 4.31. The minimum Gasteiger partial charge on any atom is -0.346 e. The Morgan fingerprint density at radius 1 is 0.964 bits per heavy atom. The maximum Gasteiger partial charge on any atom is 0.416 e. The van der Waals surface area contributed by atoms with Crippen molar-refractivity contribution in [1.29, 1.82) is 0 Å². The van der Waals surface area contributed by atoms with Crippen molar-refractivity contribution in [3.63, 3.8) is 0 Å². The third-order valence-corrected chi connectivity index (χ3v) is 4.20. The average molecular weight is 382 g/mol. The van der Waals surface area contributed by atoms with E-state index in [-0.39, 0.29) is 11.4 Å². The van der Waals surface area contributed by atoms with E-state index in [2.05, 4.69) is 15.0 Å². The van der Waals surface area contributed by atoms with Crippen molar-refractivity contribution < 1.29 is 18.0 Å². The van der Waals surface area contributed by atoms with Gasteiger partial charge in [-0.25, -0.2) is 9.97 Å². The summed E-state index contributed by atoms with van der Waals surface area (Å²) in [7, 11) is 0. The summed E-state index contributed by atoms with van der Waals surface area (Å²) in [5, 5.41) is 0.576. The summed E-state index contributed by atoms with van der Waals surface area (Å²) < 4.78 is 39.3. The monoisotopic (exact) mass is 382 g/mol. The minimum atomic E-state index is -4.54. The lowest BCUT2D eigenvalue weighted by Crippen LogP contribution is -2.27. The number of carbonyl (C=O) groups is 1. The van der Waals surface area contributed by atoms with Gasteiger partial charge in [0.2, 0.25) is 0 Å². The first-order valence-corrected chi connectivity index (χ1v) is 8.30. The number of rotatable bonds is 3. The number of halogens is 3. The van der Waals surface area contributed by atoms with E-state index in [1.165, 1.54) is 23.4 Å². The van der Waals surface area contributed by atoms with Crippen molar-refractivity contribution in [3.8, 4) is 0 Å². The highest BCUT2D eigenvalue weighted by atomic mass is 19.4. The van der Waals surface area contributed by atoms with Crippen LogP contribution in [0.4, 0.5) is 24.7 Å². The van der Waals surface area contributed by atoms with Gasteiger partial charge in [-0.15, -0.1) is 0 Å². The molecule has 0 spiro atoms. The fourth-order valence-electron chi connectivity index (χ4n) is 2.91. The van der Waals surface area contributed by atoms with E-state index in [1.807, 2.05) is 0 Å². The second-order valence-electron chi connectivity index (χ2n) is 5.99. The molecular weight excluding hydrogens is 369 g/mol. The zero-order valence-electron chi connectivity index (χ0n) is 14.3. The molecule has 2 heterocycles. The SMILES string of the molecule is O=C(c1cccc(C(F)(F)F)c1)N(c1ccccc1)c1ncnc2[nH]ccc12. The van der Waals surface area contributed by atoms with Gasteiger partial charge in [0.15, 0.2) is 5.82 Å². The number of hydrogen-bond acceptors (Lipinski definition) is 3. The van der Waals surface area contributed by atoms with Crippen LogP contribution in [0.15, 0.2) is 73.2 Å². The van der Waals surface area contributed by atoms with Crippen molar-refractivity contribution in [1.82, 2.24) is 15.0 Å². The molecule has 0 bridgehead atoms. The normalized spacial score (nSPS) is 11.5. The maximum absolute atomic E-state index is 13.3. The highest BCUT2D eigenvalue weighted by Gasteiger charge is 2.32. The summed E-state index contributed by atoms with van der Waals surface area (Å²) in [4.78, 5) is 25.8. The first-order valence-electron chi connectivity index (χ1n) is 8.30. The van der Waals surface area contributed by atoms with Crippen LogP contribution < -0.4 is 4.90 Å². The molecule has 0 aliphatic heterocycles. The van der Waals surface area contributed by atoms with Crippen molar-refractivity contribution in [3.05, 3.63) is 84.3 Å². The molecule has 5 nitrogen and oxygen atoms in total. The number of nitrogens with zero attached hydrogens (tertiary/aromatic N) is 3. The van der Waals surface area contributed by atoms with Crippen LogP contribution >= 0.6 is 0 Å². The summed E-state index contributed by atoms with van der Waals surface area (Å²) in [6.45, 7) is 0. The molecule has 0 fully saturated rings. The Morgan fingerprint density at radius 2 is 1.75 bits per heavy atom. The van der Waals surface area contributed by atoms with Gasteiger partial charge < -0.3 is 4.98 Å². The highest BCUT2D eigenvalue weighted by Crippen LogP contribution is 2.33. The first-order chi connectivity index (χ1) is 13.4. The number of anilines is 2. The van der Waals surface area contributed by atoms with E-state index < -0.39 is 17.6 Å². The van der Waals surface area contributed by atoms with Crippen LogP contribution in [0.1, 0.15) is 15.9 Å². The minimum absolute atomic E-state index is 0.0963. The van der Waals surface area contributed by atoms with Crippen LogP contribution in [0.3, 0.4) is 0 Å². The van der Waals surface area contributed by atoms with Gasteiger partial charge >= 0.3 is 6.18 Å². The molecule has 2 aromatic carbocycles. The predicted octanol–water partition coefficient (Wildman–Crippen LogP) is 4.96. The molecule has 2 aromatic heterocycles. The molecule has 1 amide bonds. The molecule has 140 valence electrons. The number of aromatic amines is 1. The van der Waals surface area contributed by atoms with Gasteiger partial charge in [-0.3, -0.25) is 9.69 Å². The van der Waals surface area contributed by atoms with Crippen LogP contribution in [0.5, 0.6) is 0 Å². The number of aromatic nitrogens is 3. The topological polar surface area (TPSA) is 61.9 Å². The van der Waals surface area contributed by atoms with Crippen LogP contribution in [0.2, 0.25) is 0 Å². The molecule has 4 rings (SSSR count). The van der Waals surface area contributed by atoms with E-state index in [0.717, 1.165) is 12.1 Å². The first kappa shape index (κ1) is 17.7. The van der Waals surface area contributed by atoms with E-state index in [0.29, 0.717) is 16.7 Å². The van der Waals surface area contributed by atoms with E-state index in [9.17, 15) is 18.0 Å². The highest BCUT2D eigenvalue weighted by molar-refractivity contribution is 6.13. The number of nitrogens with one attached hydrogen (secondary N) is 1. The molecule has 0 radical (unpaired) electrons. The molecule has 4 aromatic rings. The standard InChI is InChI=1S/C20H13F3N4O/c21-20(22,23)14-6-4-5-13(11-14)19(28)27(15-7-2-1-3-8-15)18-16-9-10-24-17(16)25-12-26-18/h1-12H,(H,24,25,26). The van der Waals surface area contributed by atoms with Crippen molar-refractivity contribution in [2.24, 2.45) is 0 Å². The number of hydrogen-bond donors (Lipinski definition) is 1. The molecule has 0 aliphatic carbocycles. The van der Waals surface area contributed by atoms with Gasteiger partial charge in [-0.05, 0) is 36.4 Å². The van der Waals surface area contributed by atoms with E-state index in [1.54, 1.807) is 42.6 Å². The van der Waals surface area contributed by atoms with Crippen LogP contribution in [0, 0.1) is 0 Å². The molecule has 0 aliphatic rings. The molecule has 1 N–H and O–H groups in total. The smallest absolute Gasteiger partial charge is 0.346 e. The Balaban J connectivity index is 1.88. The summed E-state index contributed by atoms with van der Waals surface area (Å²) in [6, 6.07) is 14.7. The van der Waals surface area contributed by atoms with Gasteiger partial charge in [0.25, 0.3) is 5.91 Å². The molecule has 8 heteroatoms. The average Bonchev–Trinajstić information content (AvgIpc) is 3.18. The number of amides is 1. The molecular formula is C20H13F3N4O. The second-order valence-corrected chi connectivity index (χ2v) is 5.99. The molecule has 28 heavy (non-hydrogen) atoms. The Hall–Kier alpha value is -3.68. The quantitative estimate of drug-likeness (QED) is 0.545. The fraction of sp³-hybridized carbons (Fsp3) is 0.0500. The summed E-state index contributed by atoms with van der Waals surface area (Å²) in [5.41, 5.74) is 0.00991. The van der Waals surface area contributed by atoms with Crippen LogP contribution in [0.25, 0.3) is 11.0 Å². The largest absolute Gasteiger partial charge is 0.416 e. The van der Waals surface area contributed by atoms with Crippen LogP contribution in [-0.2, 0) is 6.18 Å². The predicted molar refractivity (Wildman–Crippen MR) is 98.2 cm³/mol. The van der Waals surface area contributed by atoms with Crippen molar-refractivity contribution in [2.75, 3.05) is 4.90 Å². The lowest BCUT2D eigenvalue weighted by atomic mass is 10.1. The van der Waals surface area contributed by atoms with Gasteiger partial charge in [-0.2, -0.15) is 13.2 Å². The summed E-state index contributed by atoms with van der Waals surface area (Å²) in [5.74, 6) is -0.349. The Labute approximate surface area is 157 Å². The van der Waals surface area contributed by atoms with E-state index >= 15 is 0 Å². The lowest BCUT2D eigenvalue weighted by molar-refractivity contribution is -0.137. The molecule has 0 saturated carbocycles. The Morgan fingerprint density at radius 3 is 2.50 bits per heavy atom. The fourth-order valence-corrected chi connectivity index (χ4v) is 2.91. The zero-order valence-corrected chi connectivity index (χ0v) is 14.3. The summed E-state index contributed by atoms with van der Waals surface area (Å²) >= 11 is 0. The van der Waals surface area contributed by atoms with Crippen molar-refractivity contribution in [2.45, 2.75) is 6.18 Å². The van der Waals surface area contributed by atoms with E-state index in [4.69, 9.17) is 0 Å². The number of carbonyl (C=O) groups excluding carboxylic acids is 1.